The summed E-state index contributed by atoms with van der Waals surface area (Å²) >= 11 is 1.28. The van der Waals surface area contributed by atoms with Gasteiger partial charge in [0.1, 0.15) is 6.54 Å². The highest BCUT2D eigenvalue weighted by Crippen LogP contribution is 2.10. The molecule has 0 unspecified atom stereocenters. The summed E-state index contributed by atoms with van der Waals surface area (Å²) in [6.45, 7) is 1.62. The number of nitrogens with one attached hydrogen (secondary N) is 1. The molecule has 27 heavy (non-hydrogen) atoms. The minimum absolute atomic E-state index is 0.262. The van der Waals surface area contributed by atoms with Gasteiger partial charge < -0.3 is 19.9 Å². The van der Waals surface area contributed by atoms with Gasteiger partial charge >= 0.3 is 5.97 Å². The smallest absolute Gasteiger partial charge is 0.325 e. The Morgan fingerprint density at radius 3 is 2.52 bits per heavy atom. The summed E-state index contributed by atoms with van der Waals surface area (Å²) in [5.74, 6) is -0.615. The first kappa shape index (κ1) is 18.8. The lowest BCUT2D eigenvalue weighted by Crippen LogP contribution is -2.50. The monoisotopic (exact) mass is 389 g/mol. The van der Waals surface area contributed by atoms with Crippen molar-refractivity contribution < 1.29 is 19.1 Å². The molecule has 0 spiro atoms. The summed E-state index contributed by atoms with van der Waals surface area (Å²) in [7, 11) is 0. The summed E-state index contributed by atoms with van der Waals surface area (Å²) in [6.07, 6.45) is 3.35. The van der Waals surface area contributed by atoms with Gasteiger partial charge in [-0.25, -0.2) is 9.97 Å². The van der Waals surface area contributed by atoms with Gasteiger partial charge in [-0.15, -0.1) is 11.3 Å². The summed E-state index contributed by atoms with van der Waals surface area (Å²) in [4.78, 5) is 48.2. The highest BCUT2D eigenvalue weighted by atomic mass is 32.1. The van der Waals surface area contributed by atoms with Gasteiger partial charge in [0.2, 0.25) is 5.95 Å². The van der Waals surface area contributed by atoms with Crippen LogP contribution in [0.5, 0.6) is 0 Å². The lowest BCUT2D eigenvalue weighted by Gasteiger charge is -2.34. The molecule has 0 bridgehead atoms. The number of aromatic nitrogens is 2. The number of hydrogen-bond donors (Lipinski definition) is 1. The molecule has 3 rings (SSSR count). The molecule has 1 fully saturated rings. The quantitative estimate of drug-likeness (QED) is 0.702. The number of amides is 2. The zero-order valence-electron chi connectivity index (χ0n) is 14.5. The SMILES string of the molecule is O=C(CNC(=O)c1cccs1)OCC(=O)N1CCN(c2ncccn2)CC1. The highest BCUT2D eigenvalue weighted by molar-refractivity contribution is 7.12. The lowest BCUT2D eigenvalue weighted by atomic mass is 10.3. The van der Waals surface area contributed by atoms with Crippen molar-refractivity contribution in [2.75, 3.05) is 44.2 Å². The van der Waals surface area contributed by atoms with E-state index in [1.54, 1.807) is 40.9 Å². The molecule has 142 valence electrons. The highest BCUT2D eigenvalue weighted by Gasteiger charge is 2.23. The second-order valence-corrected chi connectivity index (χ2v) is 6.68. The summed E-state index contributed by atoms with van der Waals surface area (Å²) in [5, 5.41) is 4.24. The van der Waals surface area contributed by atoms with Crippen LogP contribution in [0.2, 0.25) is 0 Å². The van der Waals surface area contributed by atoms with Crippen LogP contribution >= 0.6 is 11.3 Å². The van der Waals surface area contributed by atoms with Crippen molar-refractivity contribution in [3.05, 3.63) is 40.8 Å². The molecule has 0 saturated carbocycles. The summed E-state index contributed by atoms with van der Waals surface area (Å²) in [6, 6.07) is 5.16. The molecule has 10 heteroatoms. The maximum atomic E-state index is 12.2. The van der Waals surface area contributed by atoms with Gasteiger partial charge in [0.15, 0.2) is 6.61 Å². The molecular weight excluding hydrogens is 370 g/mol. The zero-order valence-corrected chi connectivity index (χ0v) is 15.4. The Morgan fingerprint density at radius 2 is 1.85 bits per heavy atom. The largest absolute Gasteiger partial charge is 0.454 e. The van der Waals surface area contributed by atoms with Crippen LogP contribution in [0.15, 0.2) is 36.0 Å². The predicted molar refractivity (Wildman–Crippen MR) is 98.4 cm³/mol. The normalized spacial score (nSPS) is 13.9. The third-order valence-electron chi connectivity index (χ3n) is 3.96. The average molecular weight is 389 g/mol. The predicted octanol–water partition coefficient (Wildman–Crippen LogP) is 0.160. The van der Waals surface area contributed by atoms with Crippen molar-refractivity contribution >= 4 is 35.1 Å². The number of hydrogen-bond acceptors (Lipinski definition) is 8. The van der Waals surface area contributed by atoms with Gasteiger partial charge in [0, 0.05) is 38.6 Å². The van der Waals surface area contributed by atoms with Crippen molar-refractivity contribution in [1.82, 2.24) is 20.2 Å². The molecule has 1 N–H and O–H groups in total. The molecule has 1 saturated heterocycles. The molecule has 9 nitrogen and oxygen atoms in total. The zero-order chi connectivity index (χ0) is 19.1. The molecule has 1 aliphatic heterocycles. The Labute approximate surface area is 160 Å². The second-order valence-electron chi connectivity index (χ2n) is 5.74. The van der Waals surface area contributed by atoms with Crippen molar-refractivity contribution in [2.45, 2.75) is 0 Å². The number of carbonyl (C=O) groups is 3. The Balaban J connectivity index is 1.36. The maximum Gasteiger partial charge on any atom is 0.325 e. The second kappa shape index (κ2) is 9.08. The Bertz CT molecular complexity index is 776. The standard InChI is InChI=1S/C17H19N5O4S/c23-14(12-26-15(24)11-20-16(25)13-3-1-10-27-13)21-6-8-22(9-7-21)17-18-4-2-5-19-17/h1-5,10H,6-9,11-12H2,(H,20,25). The van der Waals surface area contributed by atoms with Crippen molar-refractivity contribution in [1.29, 1.82) is 0 Å². The number of anilines is 1. The van der Waals surface area contributed by atoms with E-state index in [1.807, 2.05) is 4.90 Å². The average Bonchev–Trinajstić information content (AvgIpc) is 3.26. The van der Waals surface area contributed by atoms with Crippen LogP contribution in [-0.2, 0) is 14.3 Å². The van der Waals surface area contributed by atoms with Crippen LogP contribution in [0.1, 0.15) is 9.67 Å². The minimum Gasteiger partial charge on any atom is -0.454 e. The van der Waals surface area contributed by atoms with E-state index in [4.69, 9.17) is 4.74 Å². The number of thiophene rings is 1. The molecule has 2 aromatic heterocycles. The number of ether oxygens (including phenoxy) is 1. The number of piperazine rings is 1. The van der Waals surface area contributed by atoms with Gasteiger partial charge in [0.25, 0.3) is 11.8 Å². The van der Waals surface area contributed by atoms with Gasteiger partial charge in [-0.2, -0.15) is 0 Å². The molecule has 3 heterocycles. The van der Waals surface area contributed by atoms with Crippen molar-refractivity contribution in [3.63, 3.8) is 0 Å². The molecule has 0 aliphatic carbocycles. The molecule has 2 amide bonds. The van der Waals surface area contributed by atoms with Gasteiger partial charge in [-0.05, 0) is 17.5 Å². The van der Waals surface area contributed by atoms with E-state index in [9.17, 15) is 14.4 Å². The van der Waals surface area contributed by atoms with Crippen molar-refractivity contribution in [3.8, 4) is 0 Å². The van der Waals surface area contributed by atoms with Crippen LogP contribution in [0, 0.1) is 0 Å². The number of nitrogens with zero attached hydrogens (tertiary/aromatic N) is 4. The number of esters is 1. The van der Waals surface area contributed by atoms with Crippen LogP contribution in [0.3, 0.4) is 0 Å². The number of carbonyl (C=O) groups excluding carboxylic acids is 3. The van der Waals surface area contributed by atoms with Crippen LogP contribution in [0.4, 0.5) is 5.95 Å². The Hall–Kier alpha value is -3.01. The van der Waals surface area contributed by atoms with E-state index < -0.39 is 5.97 Å². The third-order valence-corrected chi connectivity index (χ3v) is 4.83. The first-order chi connectivity index (χ1) is 13.1. The van der Waals surface area contributed by atoms with Crippen LogP contribution in [0.25, 0.3) is 0 Å². The van der Waals surface area contributed by atoms with Gasteiger partial charge in [-0.1, -0.05) is 6.07 Å². The molecule has 0 aromatic carbocycles. The minimum atomic E-state index is -0.649. The first-order valence-corrected chi connectivity index (χ1v) is 9.28. The van der Waals surface area contributed by atoms with Crippen molar-refractivity contribution in [2.24, 2.45) is 0 Å². The number of rotatable bonds is 6. The van der Waals surface area contributed by atoms with E-state index >= 15 is 0 Å². The Kier molecular flexibility index (Phi) is 6.31. The fourth-order valence-corrected chi connectivity index (χ4v) is 3.18. The molecule has 2 aromatic rings. The summed E-state index contributed by atoms with van der Waals surface area (Å²) in [5.41, 5.74) is 0. The fraction of sp³-hybridized carbons (Fsp3) is 0.353. The van der Waals surface area contributed by atoms with Crippen LogP contribution < -0.4 is 10.2 Å². The van der Waals surface area contributed by atoms with Gasteiger partial charge in [-0.3, -0.25) is 14.4 Å². The van der Waals surface area contributed by atoms with E-state index in [-0.39, 0.29) is 25.0 Å². The van der Waals surface area contributed by atoms with E-state index in [1.165, 1.54) is 11.3 Å². The first-order valence-electron chi connectivity index (χ1n) is 8.40. The molecule has 0 atom stereocenters. The Morgan fingerprint density at radius 1 is 1.11 bits per heavy atom. The van der Waals surface area contributed by atoms with Gasteiger partial charge in [0.05, 0.1) is 4.88 Å². The molecule has 1 aliphatic rings. The topological polar surface area (TPSA) is 105 Å². The fourth-order valence-electron chi connectivity index (χ4n) is 2.54. The molecular formula is C17H19N5O4S. The maximum absolute atomic E-state index is 12.2. The van der Waals surface area contributed by atoms with Crippen LogP contribution in [-0.4, -0.2) is 72.0 Å². The van der Waals surface area contributed by atoms with E-state index in [0.29, 0.717) is 37.0 Å². The van der Waals surface area contributed by atoms with E-state index in [2.05, 4.69) is 15.3 Å². The van der Waals surface area contributed by atoms with E-state index in [0.717, 1.165) is 0 Å². The molecule has 0 radical (unpaired) electrons. The lowest BCUT2D eigenvalue weighted by molar-refractivity contribution is -0.151. The summed E-state index contributed by atoms with van der Waals surface area (Å²) < 4.78 is 4.96. The third kappa shape index (κ3) is 5.23.